The standard InChI is InChI=1S/C13H13ClN2O3/c1-2-7-16-12(18)10(11(17)15-13(16)19)8-5-3-4-6-9(8)14/h3-6,18H,2,7H2,1H3,(H,15,17,19). The fraction of sp³-hybridized carbons (Fsp3) is 0.231. The molecule has 5 nitrogen and oxygen atoms in total. The van der Waals surface area contributed by atoms with Crippen LogP contribution in [0.1, 0.15) is 13.3 Å². The molecule has 6 heteroatoms. The third-order valence-electron chi connectivity index (χ3n) is 2.76. The second-order valence-electron chi connectivity index (χ2n) is 4.09. The number of aromatic amines is 1. The number of aromatic nitrogens is 2. The van der Waals surface area contributed by atoms with Crippen LogP contribution in [0.4, 0.5) is 0 Å². The van der Waals surface area contributed by atoms with Crippen LogP contribution in [0.5, 0.6) is 5.88 Å². The van der Waals surface area contributed by atoms with Gasteiger partial charge in [0, 0.05) is 17.1 Å². The number of halogens is 1. The molecule has 0 bridgehead atoms. The molecule has 2 N–H and O–H groups in total. The van der Waals surface area contributed by atoms with Crippen molar-refractivity contribution in [3.63, 3.8) is 0 Å². The Labute approximate surface area is 114 Å². The van der Waals surface area contributed by atoms with Gasteiger partial charge < -0.3 is 5.11 Å². The van der Waals surface area contributed by atoms with E-state index in [4.69, 9.17) is 11.6 Å². The molecule has 0 saturated carbocycles. The van der Waals surface area contributed by atoms with Crippen molar-refractivity contribution in [1.29, 1.82) is 0 Å². The van der Waals surface area contributed by atoms with Gasteiger partial charge >= 0.3 is 5.69 Å². The molecule has 2 aromatic rings. The summed E-state index contributed by atoms with van der Waals surface area (Å²) in [6, 6.07) is 6.66. The summed E-state index contributed by atoms with van der Waals surface area (Å²) in [5.41, 5.74) is -0.866. The third-order valence-corrected chi connectivity index (χ3v) is 3.09. The molecule has 0 aliphatic rings. The first-order valence-electron chi connectivity index (χ1n) is 5.87. The molecule has 0 radical (unpaired) electrons. The molecule has 0 fully saturated rings. The zero-order valence-electron chi connectivity index (χ0n) is 10.3. The summed E-state index contributed by atoms with van der Waals surface area (Å²) in [7, 11) is 0. The van der Waals surface area contributed by atoms with Crippen LogP contribution in [0.3, 0.4) is 0 Å². The quantitative estimate of drug-likeness (QED) is 0.903. The SMILES string of the molecule is CCCn1c(O)c(-c2ccccc2Cl)c(=O)[nH]c1=O. The minimum absolute atomic E-state index is 0.0126. The van der Waals surface area contributed by atoms with E-state index in [1.165, 1.54) is 0 Å². The third kappa shape index (κ3) is 2.42. The number of rotatable bonds is 3. The Morgan fingerprint density at radius 3 is 2.63 bits per heavy atom. The lowest BCUT2D eigenvalue weighted by atomic mass is 10.1. The molecular formula is C13H13ClN2O3. The van der Waals surface area contributed by atoms with Crippen molar-refractivity contribution in [3.8, 4) is 17.0 Å². The van der Waals surface area contributed by atoms with Crippen LogP contribution in [0.2, 0.25) is 5.02 Å². The van der Waals surface area contributed by atoms with E-state index in [0.717, 1.165) is 4.57 Å². The highest BCUT2D eigenvalue weighted by Crippen LogP contribution is 2.30. The first-order chi connectivity index (χ1) is 9.06. The molecule has 0 spiro atoms. The Balaban J connectivity index is 2.78. The molecule has 19 heavy (non-hydrogen) atoms. The highest BCUT2D eigenvalue weighted by Gasteiger charge is 2.17. The van der Waals surface area contributed by atoms with Crippen LogP contribution in [0.15, 0.2) is 33.9 Å². The number of hydrogen-bond acceptors (Lipinski definition) is 3. The highest BCUT2D eigenvalue weighted by molar-refractivity contribution is 6.33. The van der Waals surface area contributed by atoms with Crippen molar-refractivity contribution >= 4 is 11.6 Å². The first kappa shape index (κ1) is 13.4. The van der Waals surface area contributed by atoms with E-state index in [-0.39, 0.29) is 11.4 Å². The molecular weight excluding hydrogens is 268 g/mol. The van der Waals surface area contributed by atoms with E-state index < -0.39 is 11.2 Å². The fourth-order valence-electron chi connectivity index (χ4n) is 1.90. The van der Waals surface area contributed by atoms with E-state index in [0.29, 0.717) is 23.6 Å². The Hall–Kier alpha value is -2.01. The number of hydrogen-bond donors (Lipinski definition) is 2. The molecule has 0 unspecified atom stereocenters. The van der Waals surface area contributed by atoms with Crippen LogP contribution in [0.25, 0.3) is 11.1 Å². The van der Waals surface area contributed by atoms with Gasteiger partial charge in [0.1, 0.15) is 5.56 Å². The number of H-pyrrole nitrogens is 1. The zero-order valence-corrected chi connectivity index (χ0v) is 11.1. The largest absolute Gasteiger partial charge is 0.494 e. The molecule has 1 aromatic carbocycles. The van der Waals surface area contributed by atoms with Gasteiger partial charge in [-0.05, 0) is 12.5 Å². The second kappa shape index (κ2) is 5.32. The predicted octanol–water partition coefficient (Wildman–Crippen LogP) is 1.97. The maximum absolute atomic E-state index is 11.9. The smallest absolute Gasteiger partial charge is 0.331 e. The van der Waals surface area contributed by atoms with Crippen LogP contribution in [-0.2, 0) is 6.54 Å². The van der Waals surface area contributed by atoms with E-state index in [1.54, 1.807) is 24.3 Å². The normalized spacial score (nSPS) is 10.6. The van der Waals surface area contributed by atoms with Gasteiger partial charge in [-0.15, -0.1) is 0 Å². The molecule has 0 atom stereocenters. The van der Waals surface area contributed by atoms with Gasteiger partial charge in [-0.2, -0.15) is 0 Å². The Morgan fingerprint density at radius 2 is 2.00 bits per heavy atom. The molecule has 100 valence electrons. The van der Waals surface area contributed by atoms with Gasteiger partial charge in [0.2, 0.25) is 5.88 Å². The van der Waals surface area contributed by atoms with Gasteiger partial charge in [-0.25, -0.2) is 4.79 Å². The lowest BCUT2D eigenvalue weighted by Gasteiger charge is -2.11. The first-order valence-corrected chi connectivity index (χ1v) is 6.25. The average Bonchev–Trinajstić information content (AvgIpc) is 2.36. The van der Waals surface area contributed by atoms with E-state index in [1.807, 2.05) is 6.92 Å². The molecule has 0 amide bonds. The molecule has 1 aromatic heterocycles. The van der Waals surface area contributed by atoms with Gasteiger partial charge in [0.25, 0.3) is 5.56 Å². The molecule has 0 saturated heterocycles. The topological polar surface area (TPSA) is 75.1 Å². The summed E-state index contributed by atoms with van der Waals surface area (Å²) in [5, 5.41) is 10.5. The summed E-state index contributed by atoms with van der Waals surface area (Å²) in [6.45, 7) is 2.19. The Bertz CT molecular complexity index is 719. The van der Waals surface area contributed by atoms with Crippen LogP contribution in [-0.4, -0.2) is 14.7 Å². The maximum atomic E-state index is 11.9. The van der Waals surface area contributed by atoms with Crippen LogP contribution in [0, 0.1) is 0 Å². The Morgan fingerprint density at radius 1 is 1.32 bits per heavy atom. The van der Waals surface area contributed by atoms with Crippen molar-refractivity contribution in [2.75, 3.05) is 0 Å². The van der Waals surface area contributed by atoms with E-state index in [9.17, 15) is 14.7 Å². The van der Waals surface area contributed by atoms with E-state index in [2.05, 4.69) is 4.98 Å². The lowest BCUT2D eigenvalue weighted by Crippen LogP contribution is -2.31. The molecule has 0 aliphatic heterocycles. The molecule has 0 aliphatic carbocycles. The van der Waals surface area contributed by atoms with Crippen molar-refractivity contribution in [1.82, 2.24) is 9.55 Å². The monoisotopic (exact) mass is 280 g/mol. The van der Waals surface area contributed by atoms with Crippen molar-refractivity contribution < 1.29 is 5.11 Å². The van der Waals surface area contributed by atoms with E-state index >= 15 is 0 Å². The fourth-order valence-corrected chi connectivity index (χ4v) is 2.13. The summed E-state index contributed by atoms with van der Waals surface area (Å²) in [5.74, 6) is -0.358. The zero-order chi connectivity index (χ0) is 14.0. The lowest BCUT2D eigenvalue weighted by molar-refractivity contribution is 0.401. The molecule has 2 rings (SSSR count). The summed E-state index contributed by atoms with van der Waals surface area (Å²) >= 11 is 6.02. The minimum Gasteiger partial charge on any atom is -0.494 e. The minimum atomic E-state index is -0.650. The number of nitrogens with zero attached hydrogens (tertiary/aromatic N) is 1. The van der Waals surface area contributed by atoms with Gasteiger partial charge in [-0.3, -0.25) is 14.3 Å². The van der Waals surface area contributed by atoms with Crippen molar-refractivity contribution in [2.45, 2.75) is 19.9 Å². The summed E-state index contributed by atoms with van der Waals surface area (Å²) < 4.78 is 1.13. The maximum Gasteiger partial charge on any atom is 0.331 e. The Kier molecular flexibility index (Phi) is 3.76. The van der Waals surface area contributed by atoms with Crippen LogP contribution < -0.4 is 11.2 Å². The molecule has 1 heterocycles. The predicted molar refractivity (Wildman–Crippen MR) is 73.7 cm³/mol. The van der Waals surface area contributed by atoms with Gasteiger partial charge in [0.05, 0.1) is 0 Å². The average molecular weight is 281 g/mol. The van der Waals surface area contributed by atoms with Gasteiger partial charge in [0.15, 0.2) is 0 Å². The second-order valence-corrected chi connectivity index (χ2v) is 4.50. The van der Waals surface area contributed by atoms with Crippen LogP contribution >= 0.6 is 11.6 Å². The van der Waals surface area contributed by atoms with Gasteiger partial charge in [-0.1, -0.05) is 36.7 Å². The number of nitrogens with one attached hydrogen (secondary N) is 1. The summed E-state index contributed by atoms with van der Waals surface area (Å²) in [4.78, 5) is 25.7. The summed E-state index contributed by atoms with van der Waals surface area (Å²) in [6.07, 6.45) is 0.654. The number of benzene rings is 1. The van der Waals surface area contributed by atoms with Crippen molar-refractivity contribution in [3.05, 3.63) is 50.1 Å². The van der Waals surface area contributed by atoms with Crippen molar-refractivity contribution in [2.24, 2.45) is 0 Å². The number of aromatic hydroxyl groups is 1. The highest BCUT2D eigenvalue weighted by atomic mass is 35.5.